The molecule has 21 heavy (non-hydrogen) atoms. The molecule has 2 aliphatic carbocycles. The normalized spacial score (nSPS) is 25.0. The summed E-state index contributed by atoms with van der Waals surface area (Å²) in [6, 6.07) is 0.484. The molecule has 1 heterocycles. The van der Waals surface area contributed by atoms with Crippen molar-refractivity contribution in [3.63, 3.8) is 0 Å². The van der Waals surface area contributed by atoms with E-state index in [0.29, 0.717) is 24.6 Å². The van der Waals surface area contributed by atoms with Crippen LogP contribution in [0.15, 0.2) is 11.5 Å². The first kappa shape index (κ1) is 14.4. The minimum Gasteiger partial charge on any atom is -0.481 e. The van der Waals surface area contributed by atoms with Crippen molar-refractivity contribution in [2.45, 2.75) is 49.3 Å². The summed E-state index contributed by atoms with van der Waals surface area (Å²) in [5, 5.41) is 20.6. The van der Waals surface area contributed by atoms with Gasteiger partial charge in [0.1, 0.15) is 6.33 Å². The molecule has 1 aromatic rings. The molecule has 114 valence electrons. The lowest BCUT2D eigenvalue weighted by Crippen LogP contribution is -2.34. The quantitative estimate of drug-likeness (QED) is 0.763. The van der Waals surface area contributed by atoms with Crippen molar-refractivity contribution >= 4 is 23.6 Å². The molecule has 0 radical (unpaired) electrons. The van der Waals surface area contributed by atoms with E-state index in [1.807, 2.05) is 4.57 Å². The lowest BCUT2D eigenvalue weighted by Gasteiger charge is -2.12. The molecule has 2 saturated carbocycles. The zero-order valence-corrected chi connectivity index (χ0v) is 12.4. The van der Waals surface area contributed by atoms with Gasteiger partial charge in [0.25, 0.3) is 0 Å². The summed E-state index contributed by atoms with van der Waals surface area (Å²) >= 11 is 1.38. The average molecular weight is 310 g/mol. The number of carboxylic acids is 1. The van der Waals surface area contributed by atoms with Gasteiger partial charge in [-0.3, -0.25) is 9.59 Å². The van der Waals surface area contributed by atoms with Crippen LogP contribution in [0.5, 0.6) is 0 Å². The topological polar surface area (TPSA) is 97.1 Å². The van der Waals surface area contributed by atoms with Gasteiger partial charge < -0.3 is 15.0 Å². The van der Waals surface area contributed by atoms with Gasteiger partial charge >= 0.3 is 5.97 Å². The number of carbonyl (C=O) groups is 2. The Labute approximate surface area is 126 Å². The Bertz CT molecular complexity index is 543. The number of aromatic nitrogens is 3. The molecule has 1 aromatic heterocycles. The second kappa shape index (κ2) is 6.05. The largest absolute Gasteiger partial charge is 0.481 e. The zero-order chi connectivity index (χ0) is 14.8. The van der Waals surface area contributed by atoms with Crippen LogP contribution in [0.1, 0.15) is 38.1 Å². The highest BCUT2D eigenvalue weighted by molar-refractivity contribution is 7.99. The Balaban J connectivity index is 1.44. The fraction of sp³-hybridized carbons (Fsp3) is 0.692. The molecular formula is C13H18N4O3S. The number of rotatable bonds is 6. The maximum Gasteiger partial charge on any atom is 0.306 e. The molecule has 0 spiro atoms. The molecule has 0 saturated heterocycles. The van der Waals surface area contributed by atoms with Gasteiger partial charge in [-0.1, -0.05) is 11.8 Å². The van der Waals surface area contributed by atoms with Gasteiger partial charge in [-0.2, -0.15) is 0 Å². The summed E-state index contributed by atoms with van der Waals surface area (Å²) < 4.78 is 2.02. The molecule has 8 heteroatoms. The second-order valence-corrected chi connectivity index (χ2v) is 6.60. The maximum absolute atomic E-state index is 11.9. The van der Waals surface area contributed by atoms with Crippen LogP contribution in [0.2, 0.25) is 0 Å². The summed E-state index contributed by atoms with van der Waals surface area (Å²) in [5.74, 6) is -0.861. The van der Waals surface area contributed by atoms with Crippen molar-refractivity contribution in [2.24, 2.45) is 5.92 Å². The fourth-order valence-corrected chi connectivity index (χ4v) is 3.47. The number of amides is 1. The molecule has 3 rings (SSSR count). The third-order valence-electron chi connectivity index (χ3n) is 3.96. The third-order valence-corrected chi connectivity index (χ3v) is 4.92. The van der Waals surface area contributed by atoms with E-state index >= 15 is 0 Å². The first-order valence-electron chi connectivity index (χ1n) is 7.18. The predicted octanol–water partition coefficient (Wildman–Crippen LogP) is 1.07. The van der Waals surface area contributed by atoms with Gasteiger partial charge in [-0.05, 0) is 32.1 Å². The molecular weight excluding hydrogens is 292 g/mol. The Kier molecular flexibility index (Phi) is 4.14. The lowest BCUT2D eigenvalue weighted by atomic mass is 10.1. The molecule has 0 aliphatic heterocycles. The number of hydrogen-bond acceptors (Lipinski definition) is 5. The Morgan fingerprint density at radius 3 is 2.86 bits per heavy atom. The van der Waals surface area contributed by atoms with Crippen molar-refractivity contribution in [1.82, 2.24) is 20.1 Å². The number of carbonyl (C=O) groups excluding carboxylic acids is 1. The van der Waals surface area contributed by atoms with Crippen molar-refractivity contribution in [1.29, 1.82) is 0 Å². The van der Waals surface area contributed by atoms with Crippen LogP contribution in [0.4, 0.5) is 0 Å². The van der Waals surface area contributed by atoms with Gasteiger partial charge in [0, 0.05) is 12.1 Å². The standard InChI is InChI=1S/C13H18N4O3S/c18-11(15-9-2-1-8(5-9)12(19)20)6-21-13-16-14-7-17(13)10-3-4-10/h7-10H,1-6H2,(H,15,18)(H,19,20). The monoisotopic (exact) mass is 310 g/mol. The van der Waals surface area contributed by atoms with E-state index in [2.05, 4.69) is 15.5 Å². The second-order valence-electron chi connectivity index (χ2n) is 5.65. The van der Waals surface area contributed by atoms with Gasteiger partial charge in [0.2, 0.25) is 5.91 Å². The minimum atomic E-state index is -0.765. The van der Waals surface area contributed by atoms with Crippen molar-refractivity contribution in [2.75, 3.05) is 5.75 Å². The first-order valence-corrected chi connectivity index (χ1v) is 8.16. The Hall–Kier alpha value is -1.57. The molecule has 2 aliphatic rings. The predicted molar refractivity (Wildman–Crippen MR) is 75.9 cm³/mol. The van der Waals surface area contributed by atoms with Crippen LogP contribution in [-0.4, -0.2) is 43.5 Å². The van der Waals surface area contributed by atoms with Crippen molar-refractivity contribution < 1.29 is 14.7 Å². The number of nitrogens with one attached hydrogen (secondary N) is 1. The molecule has 7 nitrogen and oxygen atoms in total. The number of nitrogens with zero attached hydrogens (tertiary/aromatic N) is 3. The van der Waals surface area contributed by atoms with E-state index in [0.717, 1.165) is 24.4 Å². The minimum absolute atomic E-state index is 0.0134. The molecule has 2 fully saturated rings. The van der Waals surface area contributed by atoms with Gasteiger partial charge in [0.05, 0.1) is 11.7 Å². The average Bonchev–Trinajstić information content (AvgIpc) is 3.00. The van der Waals surface area contributed by atoms with Gasteiger partial charge in [-0.25, -0.2) is 0 Å². The van der Waals surface area contributed by atoms with E-state index in [4.69, 9.17) is 5.11 Å². The Morgan fingerprint density at radius 2 is 2.19 bits per heavy atom. The molecule has 2 N–H and O–H groups in total. The smallest absolute Gasteiger partial charge is 0.306 e. The highest BCUT2D eigenvalue weighted by Crippen LogP contribution is 2.37. The SMILES string of the molecule is O=C(CSc1nncn1C1CC1)NC1CCC(C(=O)O)C1. The third kappa shape index (κ3) is 3.55. The summed E-state index contributed by atoms with van der Waals surface area (Å²) in [4.78, 5) is 22.8. The van der Waals surface area contributed by atoms with E-state index < -0.39 is 5.97 Å². The summed E-state index contributed by atoms with van der Waals surface area (Å²) in [5.41, 5.74) is 0. The molecule has 1 amide bonds. The molecule has 0 bridgehead atoms. The lowest BCUT2D eigenvalue weighted by molar-refractivity contribution is -0.141. The van der Waals surface area contributed by atoms with Gasteiger partial charge in [-0.15, -0.1) is 10.2 Å². The summed E-state index contributed by atoms with van der Waals surface area (Å²) in [6.07, 6.45) is 5.93. The van der Waals surface area contributed by atoms with Gasteiger partial charge in [0.15, 0.2) is 5.16 Å². The van der Waals surface area contributed by atoms with E-state index in [1.165, 1.54) is 11.8 Å². The molecule has 2 atom stereocenters. The van der Waals surface area contributed by atoms with Crippen molar-refractivity contribution in [3.05, 3.63) is 6.33 Å². The first-order chi connectivity index (χ1) is 10.1. The van der Waals surface area contributed by atoms with Crippen LogP contribution >= 0.6 is 11.8 Å². The van der Waals surface area contributed by atoms with Crippen LogP contribution in [-0.2, 0) is 9.59 Å². The van der Waals surface area contributed by atoms with E-state index in [-0.39, 0.29) is 17.9 Å². The van der Waals surface area contributed by atoms with Crippen LogP contribution in [0.25, 0.3) is 0 Å². The summed E-state index contributed by atoms with van der Waals surface area (Å²) in [7, 11) is 0. The fourth-order valence-electron chi connectivity index (χ4n) is 2.67. The van der Waals surface area contributed by atoms with Crippen LogP contribution in [0.3, 0.4) is 0 Å². The maximum atomic E-state index is 11.9. The van der Waals surface area contributed by atoms with E-state index in [1.54, 1.807) is 6.33 Å². The van der Waals surface area contributed by atoms with Crippen LogP contribution in [0, 0.1) is 5.92 Å². The molecule has 2 unspecified atom stereocenters. The van der Waals surface area contributed by atoms with Crippen LogP contribution < -0.4 is 5.32 Å². The number of hydrogen-bond donors (Lipinski definition) is 2. The zero-order valence-electron chi connectivity index (χ0n) is 11.6. The highest BCUT2D eigenvalue weighted by atomic mass is 32.2. The summed E-state index contributed by atoms with van der Waals surface area (Å²) in [6.45, 7) is 0. The van der Waals surface area contributed by atoms with E-state index in [9.17, 15) is 9.59 Å². The van der Waals surface area contributed by atoms with Crippen molar-refractivity contribution in [3.8, 4) is 0 Å². The number of carboxylic acid groups (broad SMARTS) is 1. The molecule has 0 aromatic carbocycles. The number of thioether (sulfide) groups is 1. The Morgan fingerprint density at radius 1 is 1.38 bits per heavy atom. The highest BCUT2D eigenvalue weighted by Gasteiger charge is 2.31. The number of aliphatic carboxylic acids is 1.